The molecule has 4 rings (SSSR count). The smallest absolute Gasteiger partial charge is 0.235 e. The number of fused-ring (bicyclic) bond motifs is 3. The maximum absolute atomic E-state index is 13.8. The van der Waals surface area contributed by atoms with Crippen LogP contribution in [0.5, 0.6) is 5.75 Å². The predicted octanol–water partition coefficient (Wildman–Crippen LogP) is -0.368. The molecule has 35 heavy (non-hydrogen) atoms. The first-order valence-electron chi connectivity index (χ1n) is 11.5. The zero-order valence-electron chi connectivity index (χ0n) is 20.0. The molecule has 0 aliphatic heterocycles. The molecule has 0 aromatic heterocycles. The normalized spacial score (nSPS) is 32.2. The van der Waals surface area contributed by atoms with Crippen LogP contribution in [0.1, 0.15) is 52.1 Å². The second kappa shape index (κ2) is 8.17. The average Bonchev–Trinajstić information content (AvgIpc) is 2.75. The standard InChI is InChI=1S/C25H28N2O8/c1-5-10-6-12(9(2)28)19(29)16-13(10)7-11-8-14-18(27(3)4)21(31)17(24(26)34)23(33)25(14,35)22(32)15(11)20(16)30/h6,11,14-15,17-18,29,35H,5,7-8H2,1-4H3,(H2,26,34). The maximum Gasteiger partial charge on any atom is 0.235 e. The molecule has 2 fully saturated rings. The largest absolute Gasteiger partial charge is 0.506 e. The van der Waals surface area contributed by atoms with Gasteiger partial charge in [-0.25, -0.2) is 0 Å². The van der Waals surface area contributed by atoms with Gasteiger partial charge in [-0.15, -0.1) is 0 Å². The minimum absolute atomic E-state index is 0.0116. The molecule has 10 heteroatoms. The van der Waals surface area contributed by atoms with Crippen molar-refractivity contribution in [1.29, 1.82) is 0 Å². The van der Waals surface area contributed by atoms with Crippen molar-refractivity contribution in [3.8, 4) is 5.75 Å². The second-order valence-electron chi connectivity index (χ2n) is 9.98. The summed E-state index contributed by atoms with van der Waals surface area (Å²) in [7, 11) is 3.07. The molecule has 0 saturated heterocycles. The van der Waals surface area contributed by atoms with E-state index in [-0.39, 0.29) is 24.0 Å². The summed E-state index contributed by atoms with van der Waals surface area (Å²) >= 11 is 0. The molecule has 1 aromatic rings. The van der Waals surface area contributed by atoms with Crippen molar-refractivity contribution >= 4 is 34.8 Å². The van der Waals surface area contributed by atoms with E-state index >= 15 is 0 Å². The van der Waals surface area contributed by atoms with E-state index in [4.69, 9.17) is 5.73 Å². The highest BCUT2D eigenvalue weighted by molar-refractivity contribution is 6.32. The van der Waals surface area contributed by atoms with E-state index in [0.717, 1.165) is 0 Å². The number of carbonyl (C=O) groups is 6. The average molecular weight is 485 g/mol. The quantitative estimate of drug-likeness (QED) is 0.381. The Morgan fingerprint density at radius 1 is 1.17 bits per heavy atom. The zero-order valence-corrected chi connectivity index (χ0v) is 20.0. The highest BCUT2D eigenvalue weighted by Gasteiger charge is 2.69. The van der Waals surface area contributed by atoms with Gasteiger partial charge in [0.15, 0.2) is 40.4 Å². The Hall–Kier alpha value is -3.24. The first kappa shape index (κ1) is 24.9. The van der Waals surface area contributed by atoms with E-state index in [1.165, 1.54) is 25.9 Å². The molecule has 4 N–H and O–H groups in total. The summed E-state index contributed by atoms with van der Waals surface area (Å²) in [4.78, 5) is 79.2. The van der Waals surface area contributed by atoms with Gasteiger partial charge in [0.25, 0.3) is 0 Å². The predicted molar refractivity (Wildman–Crippen MR) is 121 cm³/mol. The summed E-state index contributed by atoms with van der Waals surface area (Å²) in [6.07, 6.45) is 0.634. The molecule has 0 heterocycles. The van der Waals surface area contributed by atoms with Crippen molar-refractivity contribution in [2.75, 3.05) is 14.1 Å². The number of carbonyl (C=O) groups excluding carboxylic acids is 6. The maximum atomic E-state index is 13.8. The Morgan fingerprint density at radius 3 is 2.31 bits per heavy atom. The number of aryl methyl sites for hydroxylation is 1. The van der Waals surface area contributed by atoms with Gasteiger partial charge in [0, 0.05) is 5.92 Å². The van der Waals surface area contributed by atoms with E-state index in [1.54, 1.807) is 6.07 Å². The first-order valence-corrected chi connectivity index (χ1v) is 11.5. The van der Waals surface area contributed by atoms with Crippen molar-refractivity contribution in [3.05, 3.63) is 28.3 Å². The monoisotopic (exact) mass is 484 g/mol. The number of likely N-dealkylation sites (N-methyl/N-ethyl adjacent to an activating group) is 1. The zero-order chi connectivity index (χ0) is 26.1. The third kappa shape index (κ3) is 3.23. The number of phenols is 1. The highest BCUT2D eigenvalue weighted by Crippen LogP contribution is 2.51. The summed E-state index contributed by atoms with van der Waals surface area (Å²) < 4.78 is 0. The van der Waals surface area contributed by atoms with Crippen LogP contribution in [0.4, 0.5) is 0 Å². The van der Waals surface area contributed by atoms with Crippen LogP contribution in [0.3, 0.4) is 0 Å². The number of amides is 1. The fraction of sp³-hybridized carbons (Fsp3) is 0.520. The van der Waals surface area contributed by atoms with Crippen LogP contribution in [0.15, 0.2) is 6.07 Å². The lowest BCUT2D eigenvalue weighted by Crippen LogP contribution is -2.74. The third-order valence-corrected chi connectivity index (χ3v) is 7.91. The van der Waals surface area contributed by atoms with Gasteiger partial charge in [-0.1, -0.05) is 6.92 Å². The molecular formula is C25H28N2O8. The highest BCUT2D eigenvalue weighted by atomic mass is 16.3. The molecule has 0 spiro atoms. The van der Waals surface area contributed by atoms with E-state index in [1.807, 2.05) is 6.92 Å². The van der Waals surface area contributed by atoms with Crippen molar-refractivity contribution in [2.24, 2.45) is 29.4 Å². The molecule has 3 aliphatic carbocycles. The summed E-state index contributed by atoms with van der Waals surface area (Å²) in [5, 5.41) is 22.3. The fourth-order valence-electron chi connectivity index (χ4n) is 6.33. The van der Waals surface area contributed by atoms with Gasteiger partial charge in [-0.2, -0.15) is 0 Å². The number of aliphatic hydroxyl groups is 1. The lowest BCUT2D eigenvalue weighted by atomic mass is 9.52. The summed E-state index contributed by atoms with van der Waals surface area (Å²) in [6, 6.07) is 0.398. The van der Waals surface area contributed by atoms with E-state index in [9.17, 15) is 39.0 Å². The second-order valence-corrected chi connectivity index (χ2v) is 9.98. The van der Waals surface area contributed by atoms with Crippen LogP contribution in [0.25, 0.3) is 0 Å². The van der Waals surface area contributed by atoms with Crippen molar-refractivity contribution in [3.63, 3.8) is 0 Å². The fourth-order valence-corrected chi connectivity index (χ4v) is 6.33. The van der Waals surface area contributed by atoms with E-state index in [0.29, 0.717) is 17.5 Å². The number of rotatable bonds is 4. The lowest BCUT2D eigenvalue weighted by Gasteiger charge is -2.52. The van der Waals surface area contributed by atoms with Crippen molar-refractivity contribution < 1.29 is 39.0 Å². The van der Waals surface area contributed by atoms with Gasteiger partial charge in [0.2, 0.25) is 5.91 Å². The number of primary amides is 1. The summed E-state index contributed by atoms with van der Waals surface area (Å²) in [5.41, 5.74) is 3.53. The van der Waals surface area contributed by atoms with Crippen LogP contribution in [-0.2, 0) is 32.0 Å². The Balaban J connectivity index is 1.91. The van der Waals surface area contributed by atoms with Gasteiger partial charge in [0.05, 0.1) is 23.1 Å². The molecule has 1 aromatic carbocycles. The molecule has 10 nitrogen and oxygen atoms in total. The number of nitrogens with zero attached hydrogens (tertiary/aromatic N) is 1. The Kier molecular flexibility index (Phi) is 5.80. The molecular weight excluding hydrogens is 456 g/mol. The SMILES string of the molecule is CCc1cc(C(C)=O)c(O)c2c1CC1CC3C(N(C)C)C(=O)C(C(N)=O)C(=O)C3(O)C(=O)C1C2=O. The number of benzene rings is 1. The van der Waals surface area contributed by atoms with Gasteiger partial charge in [-0.3, -0.25) is 33.7 Å². The molecule has 0 bridgehead atoms. The van der Waals surface area contributed by atoms with E-state index < -0.39 is 75.9 Å². The van der Waals surface area contributed by atoms with Gasteiger partial charge >= 0.3 is 0 Å². The summed E-state index contributed by atoms with van der Waals surface area (Å²) in [6.45, 7) is 3.08. The lowest BCUT2D eigenvalue weighted by molar-refractivity contribution is -0.181. The van der Waals surface area contributed by atoms with Crippen LogP contribution >= 0.6 is 0 Å². The molecule has 186 valence electrons. The Bertz CT molecular complexity index is 1220. The van der Waals surface area contributed by atoms with Crippen LogP contribution in [0, 0.1) is 23.7 Å². The van der Waals surface area contributed by atoms with E-state index in [2.05, 4.69) is 0 Å². The molecule has 1 amide bonds. The number of nitrogens with two attached hydrogens (primary N) is 1. The molecule has 0 radical (unpaired) electrons. The number of hydrogen-bond acceptors (Lipinski definition) is 9. The third-order valence-electron chi connectivity index (χ3n) is 7.91. The molecule has 6 unspecified atom stereocenters. The number of aromatic hydroxyl groups is 1. The van der Waals surface area contributed by atoms with Gasteiger partial charge in [0.1, 0.15) is 5.75 Å². The van der Waals surface area contributed by atoms with Crippen LogP contribution in [-0.4, -0.2) is 75.7 Å². The van der Waals surface area contributed by atoms with Crippen LogP contribution < -0.4 is 5.73 Å². The number of ketones is 5. The van der Waals surface area contributed by atoms with Gasteiger partial charge < -0.3 is 15.9 Å². The molecule has 6 atom stereocenters. The van der Waals surface area contributed by atoms with Crippen molar-refractivity contribution in [2.45, 2.75) is 44.8 Å². The van der Waals surface area contributed by atoms with Gasteiger partial charge in [-0.05, 0) is 63.4 Å². The first-order chi connectivity index (χ1) is 16.3. The Labute approximate surface area is 201 Å². The number of Topliss-reactive ketones (excluding diaryl/α,β-unsaturated/α-hetero) is 5. The van der Waals surface area contributed by atoms with Crippen LogP contribution in [0.2, 0.25) is 0 Å². The topological polar surface area (TPSA) is 172 Å². The number of hydrogen-bond donors (Lipinski definition) is 3. The minimum Gasteiger partial charge on any atom is -0.506 e. The Morgan fingerprint density at radius 2 is 1.80 bits per heavy atom. The minimum atomic E-state index is -2.77. The summed E-state index contributed by atoms with van der Waals surface area (Å²) in [5.74, 6) is -11.5. The molecule has 3 aliphatic rings. The molecule has 2 saturated carbocycles. The van der Waals surface area contributed by atoms with Crippen molar-refractivity contribution in [1.82, 2.24) is 4.90 Å². The number of phenolic OH excluding ortho intramolecular Hbond substituents is 1.